The molecule has 1 aromatic carbocycles. The van der Waals surface area contributed by atoms with Gasteiger partial charge in [-0.15, -0.1) is 0 Å². The standard InChI is InChI=1S/C12H14N2O3/c1-8-13-10-7-9(12(16)17)3-4-11(10)14(8)5-2-6-15/h3-4,7,15H,2,5-6H2,1H3,(H,16,17). The average molecular weight is 234 g/mol. The second kappa shape index (κ2) is 4.55. The number of aliphatic hydroxyl groups excluding tert-OH is 1. The number of carbonyl (C=O) groups is 1. The molecule has 0 radical (unpaired) electrons. The maximum atomic E-state index is 10.8. The van der Waals surface area contributed by atoms with Crippen LogP contribution in [0, 0.1) is 6.92 Å². The average Bonchev–Trinajstić information content (AvgIpc) is 2.61. The number of carboxylic acid groups (broad SMARTS) is 1. The molecular weight excluding hydrogens is 220 g/mol. The summed E-state index contributed by atoms with van der Waals surface area (Å²) in [4.78, 5) is 15.2. The molecule has 0 saturated heterocycles. The number of nitrogens with zero attached hydrogens (tertiary/aromatic N) is 2. The van der Waals surface area contributed by atoms with Gasteiger partial charge in [0.15, 0.2) is 0 Å². The predicted octanol–water partition coefficient (Wildman–Crippen LogP) is 1.43. The van der Waals surface area contributed by atoms with Gasteiger partial charge in [-0.25, -0.2) is 9.78 Å². The van der Waals surface area contributed by atoms with Gasteiger partial charge in [-0.05, 0) is 31.5 Å². The Morgan fingerprint density at radius 3 is 2.88 bits per heavy atom. The van der Waals surface area contributed by atoms with Gasteiger partial charge in [0.1, 0.15) is 5.82 Å². The normalized spacial score (nSPS) is 10.9. The van der Waals surface area contributed by atoms with Gasteiger partial charge in [-0.3, -0.25) is 0 Å². The van der Waals surface area contributed by atoms with Crippen molar-refractivity contribution in [3.8, 4) is 0 Å². The second-order valence-electron chi connectivity index (χ2n) is 3.90. The SMILES string of the molecule is Cc1nc2cc(C(=O)O)ccc2n1CCCO. The zero-order chi connectivity index (χ0) is 12.4. The first-order valence-electron chi connectivity index (χ1n) is 5.44. The minimum atomic E-state index is -0.950. The van der Waals surface area contributed by atoms with Crippen LogP contribution >= 0.6 is 0 Å². The van der Waals surface area contributed by atoms with Crippen LogP contribution in [0.25, 0.3) is 11.0 Å². The number of aromatic carboxylic acids is 1. The molecule has 0 aliphatic heterocycles. The molecule has 0 aliphatic rings. The van der Waals surface area contributed by atoms with Gasteiger partial charge < -0.3 is 14.8 Å². The molecule has 0 atom stereocenters. The molecule has 0 amide bonds. The number of hydrogen-bond acceptors (Lipinski definition) is 3. The smallest absolute Gasteiger partial charge is 0.335 e. The van der Waals surface area contributed by atoms with Crippen molar-refractivity contribution in [3.63, 3.8) is 0 Å². The summed E-state index contributed by atoms with van der Waals surface area (Å²) < 4.78 is 1.98. The van der Waals surface area contributed by atoms with Gasteiger partial charge in [-0.1, -0.05) is 0 Å². The summed E-state index contributed by atoms with van der Waals surface area (Å²) >= 11 is 0. The molecule has 2 aromatic rings. The number of aliphatic hydroxyl groups is 1. The van der Waals surface area contributed by atoms with E-state index in [4.69, 9.17) is 10.2 Å². The lowest BCUT2D eigenvalue weighted by Crippen LogP contribution is -2.02. The van der Waals surface area contributed by atoms with Crippen LogP contribution in [-0.4, -0.2) is 32.3 Å². The van der Waals surface area contributed by atoms with Gasteiger partial charge in [0, 0.05) is 13.2 Å². The quantitative estimate of drug-likeness (QED) is 0.839. The Morgan fingerprint density at radius 1 is 1.47 bits per heavy atom. The zero-order valence-corrected chi connectivity index (χ0v) is 9.55. The van der Waals surface area contributed by atoms with E-state index in [2.05, 4.69) is 4.98 Å². The monoisotopic (exact) mass is 234 g/mol. The van der Waals surface area contributed by atoms with Crippen molar-refractivity contribution in [2.24, 2.45) is 0 Å². The topological polar surface area (TPSA) is 75.3 Å². The predicted molar refractivity (Wildman–Crippen MR) is 63.1 cm³/mol. The van der Waals surface area contributed by atoms with Crippen LogP contribution in [-0.2, 0) is 6.54 Å². The van der Waals surface area contributed by atoms with Crippen molar-refractivity contribution in [1.82, 2.24) is 9.55 Å². The molecule has 0 bridgehead atoms. The molecule has 0 aliphatic carbocycles. The van der Waals surface area contributed by atoms with E-state index in [0.29, 0.717) is 18.5 Å². The number of carboxylic acids is 1. The minimum Gasteiger partial charge on any atom is -0.478 e. The lowest BCUT2D eigenvalue weighted by molar-refractivity contribution is 0.0697. The Hall–Kier alpha value is -1.88. The highest BCUT2D eigenvalue weighted by molar-refractivity contribution is 5.92. The molecule has 0 spiro atoms. The number of fused-ring (bicyclic) bond motifs is 1. The van der Waals surface area contributed by atoms with Crippen LogP contribution in [0.3, 0.4) is 0 Å². The van der Waals surface area contributed by atoms with Crippen LogP contribution in [0.1, 0.15) is 22.6 Å². The highest BCUT2D eigenvalue weighted by Crippen LogP contribution is 2.18. The fourth-order valence-corrected chi connectivity index (χ4v) is 1.89. The van der Waals surface area contributed by atoms with Gasteiger partial charge in [0.05, 0.1) is 16.6 Å². The molecular formula is C12H14N2O3. The summed E-state index contributed by atoms with van der Waals surface area (Å²) in [5, 5.41) is 17.7. The van der Waals surface area contributed by atoms with Crippen LogP contribution in [0.15, 0.2) is 18.2 Å². The number of aryl methyl sites for hydroxylation is 2. The summed E-state index contributed by atoms with van der Waals surface area (Å²) in [6, 6.07) is 4.90. The van der Waals surface area contributed by atoms with Gasteiger partial charge in [-0.2, -0.15) is 0 Å². The Kier molecular flexibility index (Phi) is 3.10. The minimum absolute atomic E-state index is 0.131. The third-order valence-corrected chi connectivity index (χ3v) is 2.73. The molecule has 2 N–H and O–H groups in total. The fourth-order valence-electron chi connectivity index (χ4n) is 1.89. The molecule has 1 aromatic heterocycles. The first-order valence-corrected chi connectivity index (χ1v) is 5.44. The number of aromatic nitrogens is 2. The Labute approximate surface area is 98.3 Å². The number of hydrogen-bond donors (Lipinski definition) is 2. The van der Waals surface area contributed by atoms with E-state index < -0.39 is 5.97 Å². The van der Waals surface area contributed by atoms with Gasteiger partial charge in [0.2, 0.25) is 0 Å². The van der Waals surface area contributed by atoms with Crippen molar-refractivity contribution in [1.29, 1.82) is 0 Å². The fraction of sp³-hybridized carbons (Fsp3) is 0.333. The van der Waals surface area contributed by atoms with Crippen LogP contribution in [0.5, 0.6) is 0 Å². The maximum absolute atomic E-state index is 10.8. The van der Waals surface area contributed by atoms with E-state index in [-0.39, 0.29) is 12.2 Å². The summed E-state index contributed by atoms with van der Waals surface area (Å²) in [7, 11) is 0. The maximum Gasteiger partial charge on any atom is 0.335 e. The van der Waals surface area contributed by atoms with Crippen molar-refractivity contribution >= 4 is 17.0 Å². The van der Waals surface area contributed by atoms with E-state index in [1.54, 1.807) is 18.2 Å². The second-order valence-corrected chi connectivity index (χ2v) is 3.90. The molecule has 2 rings (SSSR count). The molecule has 5 nitrogen and oxygen atoms in total. The molecule has 0 fully saturated rings. The molecule has 90 valence electrons. The summed E-state index contributed by atoms with van der Waals surface area (Å²) in [5.74, 6) is -0.120. The summed E-state index contributed by atoms with van der Waals surface area (Å²) in [5.41, 5.74) is 1.82. The molecule has 5 heteroatoms. The largest absolute Gasteiger partial charge is 0.478 e. The number of imidazole rings is 1. The van der Waals surface area contributed by atoms with E-state index in [1.165, 1.54) is 0 Å². The Balaban J connectivity index is 2.48. The third kappa shape index (κ3) is 2.14. The lowest BCUT2D eigenvalue weighted by atomic mass is 10.2. The van der Waals surface area contributed by atoms with E-state index in [9.17, 15) is 4.79 Å². The van der Waals surface area contributed by atoms with Gasteiger partial charge in [0.25, 0.3) is 0 Å². The van der Waals surface area contributed by atoms with E-state index >= 15 is 0 Å². The molecule has 0 saturated carbocycles. The van der Waals surface area contributed by atoms with E-state index in [1.807, 2.05) is 11.5 Å². The lowest BCUT2D eigenvalue weighted by Gasteiger charge is -2.04. The third-order valence-electron chi connectivity index (χ3n) is 2.73. The van der Waals surface area contributed by atoms with Crippen LogP contribution in [0.4, 0.5) is 0 Å². The first kappa shape index (κ1) is 11.6. The van der Waals surface area contributed by atoms with Crippen molar-refractivity contribution in [2.75, 3.05) is 6.61 Å². The van der Waals surface area contributed by atoms with Crippen molar-refractivity contribution in [2.45, 2.75) is 19.9 Å². The van der Waals surface area contributed by atoms with E-state index in [0.717, 1.165) is 11.3 Å². The van der Waals surface area contributed by atoms with Crippen LogP contribution < -0.4 is 0 Å². The number of rotatable bonds is 4. The van der Waals surface area contributed by atoms with Gasteiger partial charge >= 0.3 is 5.97 Å². The molecule has 0 unspecified atom stereocenters. The molecule has 17 heavy (non-hydrogen) atoms. The number of benzene rings is 1. The zero-order valence-electron chi connectivity index (χ0n) is 9.55. The first-order chi connectivity index (χ1) is 8.13. The molecule has 1 heterocycles. The summed E-state index contributed by atoms with van der Waals surface area (Å²) in [6.45, 7) is 2.69. The van der Waals surface area contributed by atoms with Crippen molar-refractivity contribution in [3.05, 3.63) is 29.6 Å². The Bertz CT molecular complexity index is 560. The highest BCUT2D eigenvalue weighted by Gasteiger charge is 2.10. The van der Waals surface area contributed by atoms with Crippen LogP contribution in [0.2, 0.25) is 0 Å². The highest BCUT2D eigenvalue weighted by atomic mass is 16.4. The summed E-state index contributed by atoms with van der Waals surface area (Å²) in [6.07, 6.45) is 0.660. The Morgan fingerprint density at radius 2 is 2.24 bits per heavy atom. The van der Waals surface area contributed by atoms with Crippen molar-refractivity contribution < 1.29 is 15.0 Å².